The van der Waals surface area contributed by atoms with Crippen LogP contribution in [-0.2, 0) is 12.4 Å². The number of ether oxygens (including phenoxy) is 2. The Morgan fingerprint density at radius 2 is 1.83 bits per heavy atom. The average molecular weight is 427 g/mol. The van der Waals surface area contributed by atoms with Crippen molar-refractivity contribution in [3.8, 4) is 17.2 Å². The lowest BCUT2D eigenvalue weighted by atomic mass is 10.3. The van der Waals surface area contributed by atoms with Crippen LogP contribution in [0, 0.1) is 12.7 Å². The summed E-state index contributed by atoms with van der Waals surface area (Å²) in [6, 6.07) is 13.6. The second kappa shape index (κ2) is 8.95. The van der Waals surface area contributed by atoms with Crippen molar-refractivity contribution in [2.45, 2.75) is 24.4 Å². The Morgan fingerprint density at radius 1 is 1.07 bits per heavy atom. The molecule has 0 amide bonds. The molecule has 0 aliphatic heterocycles. The van der Waals surface area contributed by atoms with Crippen molar-refractivity contribution in [2.75, 3.05) is 7.11 Å². The normalized spacial score (nSPS) is 10.9. The van der Waals surface area contributed by atoms with E-state index in [2.05, 4.69) is 20.3 Å². The Kier molecular flexibility index (Phi) is 5.94. The fourth-order valence-electron chi connectivity index (χ4n) is 2.71. The lowest BCUT2D eigenvalue weighted by Crippen LogP contribution is -2.08. The third-order valence-corrected chi connectivity index (χ3v) is 5.05. The molecule has 0 aliphatic carbocycles. The Morgan fingerprint density at radius 3 is 2.53 bits per heavy atom. The first kappa shape index (κ1) is 19.9. The summed E-state index contributed by atoms with van der Waals surface area (Å²) < 4.78 is 32.1. The van der Waals surface area contributed by atoms with Crippen LogP contribution in [0.1, 0.15) is 17.5 Å². The van der Waals surface area contributed by atoms with Gasteiger partial charge in [0.15, 0.2) is 16.8 Å². The van der Waals surface area contributed by atoms with E-state index in [1.54, 1.807) is 61.1 Å². The maximum Gasteiger partial charge on any atom is 0.223 e. The number of aryl methyl sites for hydroxylation is 1. The number of nitrogens with zero attached hydrogens (tertiary/aromatic N) is 5. The minimum Gasteiger partial charge on any atom is -0.497 e. The molecule has 0 spiro atoms. The van der Waals surface area contributed by atoms with Crippen LogP contribution in [0.3, 0.4) is 0 Å². The first-order valence-corrected chi connectivity index (χ1v) is 10.0. The molecule has 0 fully saturated rings. The second-order valence-corrected chi connectivity index (χ2v) is 7.11. The molecule has 8 nitrogen and oxygen atoms in total. The van der Waals surface area contributed by atoms with Crippen molar-refractivity contribution in [3.63, 3.8) is 0 Å². The quantitative estimate of drug-likeness (QED) is 0.390. The van der Waals surface area contributed by atoms with Crippen LogP contribution in [0.5, 0.6) is 11.5 Å². The number of halogens is 1. The molecule has 2 aromatic heterocycles. The zero-order valence-corrected chi connectivity index (χ0v) is 17.1. The monoisotopic (exact) mass is 427 g/mol. The van der Waals surface area contributed by atoms with Crippen LogP contribution in [0.2, 0.25) is 0 Å². The first-order chi connectivity index (χ1) is 14.6. The molecule has 0 N–H and O–H groups in total. The van der Waals surface area contributed by atoms with Gasteiger partial charge >= 0.3 is 0 Å². The van der Waals surface area contributed by atoms with E-state index in [0.29, 0.717) is 39.9 Å². The highest BCUT2D eigenvalue weighted by molar-refractivity contribution is 7.98. The van der Waals surface area contributed by atoms with E-state index in [1.807, 2.05) is 0 Å². The van der Waals surface area contributed by atoms with Gasteiger partial charge in [-0.3, -0.25) is 4.57 Å². The van der Waals surface area contributed by atoms with Gasteiger partial charge in [0.2, 0.25) is 5.89 Å². The summed E-state index contributed by atoms with van der Waals surface area (Å²) in [5, 5.41) is 12.8. The Labute approximate surface area is 176 Å². The summed E-state index contributed by atoms with van der Waals surface area (Å²) in [6.07, 6.45) is 0. The van der Waals surface area contributed by atoms with Gasteiger partial charge in [-0.15, -0.1) is 10.2 Å². The van der Waals surface area contributed by atoms with E-state index < -0.39 is 0 Å². The van der Waals surface area contributed by atoms with Crippen molar-refractivity contribution in [3.05, 3.63) is 71.9 Å². The van der Waals surface area contributed by atoms with Gasteiger partial charge in [0, 0.05) is 6.92 Å². The van der Waals surface area contributed by atoms with E-state index in [9.17, 15) is 4.39 Å². The van der Waals surface area contributed by atoms with Gasteiger partial charge in [0.05, 0.1) is 18.6 Å². The van der Waals surface area contributed by atoms with E-state index >= 15 is 0 Å². The molecule has 0 radical (unpaired) electrons. The maximum atomic E-state index is 14.5. The summed E-state index contributed by atoms with van der Waals surface area (Å²) in [5.74, 6) is 2.85. The summed E-state index contributed by atoms with van der Waals surface area (Å²) in [5.41, 5.74) is 0.336. The standard InChI is InChI=1S/C20H18FN5O3S/c1-13-22-18(25-29-13)12-30-20-24-23-19(26(20)17-6-4-3-5-16(17)21)11-28-15-9-7-14(27-2)8-10-15/h3-10H,11-12H2,1-2H3. The van der Waals surface area contributed by atoms with Gasteiger partial charge < -0.3 is 14.0 Å². The number of aromatic nitrogens is 5. The van der Waals surface area contributed by atoms with Crippen LogP contribution < -0.4 is 9.47 Å². The molecule has 30 heavy (non-hydrogen) atoms. The number of hydrogen-bond donors (Lipinski definition) is 0. The summed E-state index contributed by atoms with van der Waals surface area (Å²) in [4.78, 5) is 4.18. The highest BCUT2D eigenvalue weighted by atomic mass is 32.2. The molecule has 0 unspecified atom stereocenters. The molecule has 154 valence electrons. The fourth-order valence-corrected chi connectivity index (χ4v) is 3.52. The van der Waals surface area contributed by atoms with E-state index in [4.69, 9.17) is 14.0 Å². The Bertz CT molecular complexity index is 1130. The first-order valence-electron chi connectivity index (χ1n) is 9.02. The van der Waals surface area contributed by atoms with Gasteiger partial charge in [-0.1, -0.05) is 29.1 Å². The van der Waals surface area contributed by atoms with Crippen molar-refractivity contribution in [2.24, 2.45) is 0 Å². The van der Waals surface area contributed by atoms with E-state index in [-0.39, 0.29) is 12.4 Å². The zero-order chi connectivity index (χ0) is 20.9. The van der Waals surface area contributed by atoms with E-state index in [0.717, 1.165) is 5.75 Å². The number of para-hydroxylation sites is 1. The van der Waals surface area contributed by atoms with Crippen molar-refractivity contribution in [1.82, 2.24) is 24.9 Å². The molecular formula is C20H18FN5O3S. The zero-order valence-electron chi connectivity index (χ0n) is 16.3. The molecule has 0 saturated heterocycles. The van der Waals surface area contributed by atoms with Crippen LogP contribution >= 0.6 is 11.8 Å². The Hall–Kier alpha value is -3.40. The van der Waals surface area contributed by atoms with Crippen LogP contribution in [0.15, 0.2) is 58.2 Å². The molecule has 0 bridgehead atoms. The minimum absolute atomic E-state index is 0.107. The summed E-state index contributed by atoms with van der Waals surface area (Å²) in [6.45, 7) is 1.83. The fraction of sp³-hybridized carbons (Fsp3) is 0.200. The lowest BCUT2D eigenvalue weighted by molar-refractivity contribution is 0.292. The summed E-state index contributed by atoms with van der Waals surface area (Å²) >= 11 is 1.33. The topological polar surface area (TPSA) is 88.1 Å². The molecular weight excluding hydrogens is 409 g/mol. The predicted octanol–water partition coefficient (Wildman–Crippen LogP) is 3.98. The number of rotatable bonds is 8. The van der Waals surface area contributed by atoms with Crippen LogP contribution in [0.4, 0.5) is 4.39 Å². The molecule has 0 saturated carbocycles. The SMILES string of the molecule is COc1ccc(OCc2nnc(SCc3noc(C)n3)n2-c2ccccc2F)cc1. The van der Waals surface area contributed by atoms with Gasteiger partial charge in [0.1, 0.15) is 23.9 Å². The number of hydrogen-bond acceptors (Lipinski definition) is 8. The van der Waals surface area contributed by atoms with Gasteiger partial charge in [0.25, 0.3) is 0 Å². The number of methoxy groups -OCH3 is 1. The lowest BCUT2D eigenvalue weighted by Gasteiger charge is -2.12. The van der Waals surface area contributed by atoms with Gasteiger partial charge in [-0.05, 0) is 36.4 Å². The highest BCUT2D eigenvalue weighted by Crippen LogP contribution is 2.27. The third-order valence-electron chi connectivity index (χ3n) is 4.12. The summed E-state index contributed by atoms with van der Waals surface area (Å²) in [7, 11) is 1.60. The van der Waals surface area contributed by atoms with Crippen LogP contribution in [0.25, 0.3) is 5.69 Å². The molecule has 10 heteroatoms. The molecule has 4 aromatic rings. The van der Waals surface area contributed by atoms with E-state index in [1.165, 1.54) is 17.8 Å². The molecule has 2 heterocycles. The predicted molar refractivity (Wildman–Crippen MR) is 107 cm³/mol. The molecule has 0 atom stereocenters. The molecule has 0 aliphatic rings. The second-order valence-electron chi connectivity index (χ2n) is 6.17. The average Bonchev–Trinajstić information content (AvgIpc) is 3.37. The van der Waals surface area contributed by atoms with Crippen molar-refractivity contribution >= 4 is 11.8 Å². The van der Waals surface area contributed by atoms with Gasteiger partial charge in [-0.25, -0.2) is 4.39 Å². The smallest absolute Gasteiger partial charge is 0.223 e. The third kappa shape index (κ3) is 4.43. The van der Waals surface area contributed by atoms with Crippen LogP contribution in [-0.4, -0.2) is 32.0 Å². The number of benzene rings is 2. The largest absolute Gasteiger partial charge is 0.497 e. The van der Waals surface area contributed by atoms with Crippen molar-refractivity contribution in [1.29, 1.82) is 0 Å². The molecule has 2 aromatic carbocycles. The Balaban J connectivity index is 1.59. The molecule has 4 rings (SSSR count). The van der Waals surface area contributed by atoms with Gasteiger partial charge in [-0.2, -0.15) is 4.98 Å². The number of thioether (sulfide) groups is 1. The maximum absolute atomic E-state index is 14.5. The minimum atomic E-state index is -0.389. The van der Waals surface area contributed by atoms with Crippen molar-refractivity contribution < 1.29 is 18.4 Å². The highest BCUT2D eigenvalue weighted by Gasteiger charge is 2.18.